The van der Waals surface area contributed by atoms with E-state index in [9.17, 15) is 0 Å². The van der Waals surface area contributed by atoms with Crippen molar-refractivity contribution in [2.45, 2.75) is 12.5 Å². The fraction of sp³-hybridized carbons (Fsp3) is 0.750. The second-order valence-corrected chi connectivity index (χ2v) is 1.49. The molecule has 1 heterocycles. The molecule has 1 aliphatic rings. The molecular formula is C4H8N2O. The van der Waals surface area contributed by atoms with Crippen molar-refractivity contribution in [2.75, 3.05) is 6.54 Å². The summed E-state index contributed by atoms with van der Waals surface area (Å²) in [5.74, 6) is 0. The average molecular weight is 100 g/mol. The molecule has 0 saturated carbocycles. The van der Waals surface area contributed by atoms with Crippen LogP contribution in [0.25, 0.3) is 0 Å². The van der Waals surface area contributed by atoms with Crippen molar-refractivity contribution >= 4 is 6.21 Å². The Kier molecular flexibility index (Phi) is 1.26. The highest BCUT2D eigenvalue weighted by atomic mass is 16.6. The van der Waals surface area contributed by atoms with Crippen LogP contribution in [0.3, 0.4) is 0 Å². The Morgan fingerprint density at radius 3 is 3.14 bits per heavy atom. The number of hydrogen-bond donors (Lipinski definition) is 1. The maximum absolute atomic E-state index is 5.23. The quantitative estimate of drug-likeness (QED) is 0.492. The van der Waals surface area contributed by atoms with Crippen LogP contribution in [0.5, 0.6) is 0 Å². The van der Waals surface area contributed by atoms with Crippen LogP contribution < -0.4 is 5.73 Å². The summed E-state index contributed by atoms with van der Waals surface area (Å²) in [6.45, 7) is 0.569. The maximum Gasteiger partial charge on any atom is 0.144 e. The van der Waals surface area contributed by atoms with Crippen LogP contribution in [0, 0.1) is 0 Å². The molecule has 0 fully saturated rings. The SMILES string of the molecule is NC[C@H]1CC=NO1. The van der Waals surface area contributed by atoms with E-state index < -0.39 is 0 Å². The van der Waals surface area contributed by atoms with Crippen molar-refractivity contribution < 1.29 is 4.84 Å². The molecule has 3 nitrogen and oxygen atoms in total. The van der Waals surface area contributed by atoms with E-state index in [4.69, 9.17) is 10.6 Å². The van der Waals surface area contributed by atoms with Gasteiger partial charge in [0.25, 0.3) is 0 Å². The molecule has 0 aromatic rings. The second kappa shape index (κ2) is 1.93. The van der Waals surface area contributed by atoms with Crippen molar-refractivity contribution in [1.82, 2.24) is 0 Å². The first-order valence-corrected chi connectivity index (χ1v) is 2.31. The molecule has 0 amide bonds. The highest BCUT2D eigenvalue weighted by Gasteiger charge is 2.08. The first kappa shape index (κ1) is 4.59. The minimum Gasteiger partial charge on any atom is -0.391 e. The van der Waals surface area contributed by atoms with Crippen LogP contribution in [0.4, 0.5) is 0 Å². The van der Waals surface area contributed by atoms with Gasteiger partial charge in [-0.2, -0.15) is 0 Å². The molecule has 1 atom stereocenters. The molecule has 2 N–H and O–H groups in total. The van der Waals surface area contributed by atoms with Crippen molar-refractivity contribution in [2.24, 2.45) is 10.9 Å². The summed E-state index contributed by atoms with van der Waals surface area (Å²) in [6.07, 6.45) is 2.76. The van der Waals surface area contributed by atoms with Gasteiger partial charge in [0, 0.05) is 19.2 Å². The Morgan fingerprint density at radius 2 is 2.86 bits per heavy atom. The molecule has 1 rings (SSSR count). The molecule has 1 aliphatic heterocycles. The molecule has 0 bridgehead atoms. The average Bonchev–Trinajstić information content (AvgIpc) is 2.14. The molecule has 0 aromatic heterocycles. The number of hydrogen-bond acceptors (Lipinski definition) is 3. The molecule has 40 valence electrons. The van der Waals surface area contributed by atoms with Gasteiger partial charge in [0.15, 0.2) is 0 Å². The number of oxime groups is 1. The lowest BCUT2D eigenvalue weighted by atomic mass is 10.3. The summed E-state index contributed by atoms with van der Waals surface area (Å²) in [4.78, 5) is 4.75. The molecule has 0 saturated heterocycles. The highest BCUT2D eigenvalue weighted by molar-refractivity contribution is 5.58. The van der Waals surface area contributed by atoms with Gasteiger partial charge in [0.2, 0.25) is 0 Å². The van der Waals surface area contributed by atoms with Gasteiger partial charge in [0.05, 0.1) is 0 Å². The van der Waals surface area contributed by atoms with Gasteiger partial charge in [0.1, 0.15) is 6.10 Å². The third-order valence-corrected chi connectivity index (χ3v) is 0.916. The summed E-state index contributed by atoms with van der Waals surface area (Å²) in [6, 6.07) is 0. The van der Waals surface area contributed by atoms with Gasteiger partial charge < -0.3 is 10.6 Å². The van der Waals surface area contributed by atoms with E-state index >= 15 is 0 Å². The molecule has 0 radical (unpaired) electrons. The van der Waals surface area contributed by atoms with Gasteiger partial charge in [-0.1, -0.05) is 5.16 Å². The van der Waals surface area contributed by atoms with Gasteiger partial charge >= 0.3 is 0 Å². The van der Waals surface area contributed by atoms with Gasteiger partial charge in [-0.25, -0.2) is 0 Å². The van der Waals surface area contributed by atoms with Crippen LogP contribution >= 0.6 is 0 Å². The summed E-state index contributed by atoms with van der Waals surface area (Å²) in [5, 5.41) is 3.53. The largest absolute Gasteiger partial charge is 0.391 e. The first-order chi connectivity index (χ1) is 3.43. The minimum absolute atomic E-state index is 0.153. The lowest BCUT2D eigenvalue weighted by molar-refractivity contribution is 0.0919. The van der Waals surface area contributed by atoms with Crippen molar-refractivity contribution in [3.8, 4) is 0 Å². The third kappa shape index (κ3) is 0.899. The van der Waals surface area contributed by atoms with Crippen LogP contribution in [0.15, 0.2) is 5.16 Å². The van der Waals surface area contributed by atoms with Crippen LogP contribution in [0.1, 0.15) is 6.42 Å². The third-order valence-electron chi connectivity index (χ3n) is 0.916. The predicted octanol–water partition coefficient (Wildman–Crippen LogP) is -0.280. The Bertz CT molecular complexity index is 73.8. The van der Waals surface area contributed by atoms with Crippen LogP contribution in [0.2, 0.25) is 0 Å². The Hall–Kier alpha value is -0.570. The van der Waals surface area contributed by atoms with E-state index in [1.165, 1.54) is 0 Å². The molecule has 0 unspecified atom stereocenters. The Labute approximate surface area is 42.1 Å². The molecule has 0 aliphatic carbocycles. The van der Waals surface area contributed by atoms with Crippen LogP contribution in [-0.2, 0) is 4.84 Å². The number of nitrogens with two attached hydrogens (primary N) is 1. The van der Waals surface area contributed by atoms with Crippen molar-refractivity contribution in [3.05, 3.63) is 0 Å². The summed E-state index contributed by atoms with van der Waals surface area (Å²) >= 11 is 0. The molecule has 0 spiro atoms. The zero-order valence-electron chi connectivity index (χ0n) is 4.00. The van der Waals surface area contributed by atoms with Crippen molar-refractivity contribution in [3.63, 3.8) is 0 Å². The first-order valence-electron chi connectivity index (χ1n) is 2.31. The Balaban J connectivity index is 2.22. The van der Waals surface area contributed by atoms with Crippen LogP contribution in [-0.4, -0.2) is 18.9 Å². The smallest absolute Gasteiger partial charge is 0.144 e. The predicted molar refractivity (Wildman–Crippen MR) is 27.0 cm³/mol. The zero-order chi connectivity index (χ0) is 5.11. The highest BCUT2D eigenvalue weighted by Crippen LogP contribution is 2.00. The zero-order valence-corrected chi connectivity index (χ0v) is 4.00. The lowest BCUT2D eigenvalue weighted by Gasteiger charge is -2.00. The fourth-order valence-electron chi connectivity index (χ4n) is 0.472. The topological polar surface area (TPSA) is 47.6 Å². The Morgan fingerprint density at radius 1 is 2.00 bits per heavy atom. The van der Waals surface area contributed by atoms with E-state index in [0.29, 0.717) is 6.54 Å². The van der Waals surface area contributed by atoms with E-state index in [1.54, 1.807) is 6.21 Å². The van der Waals surface area contributed by atoms with E-state index in [0.717, 1.165) is 6.42 Å². The van der Waals surface area contributed by atoms with Gasteiger partial charge in [-0.05, 0) is 0 Å². The summed E-state index contributed by atoms with van der Waals surface area (Å²) in [5.41, 5.74) is 5.23. The lowest BCUT2D eigenvalue weighted by Crippen LogP contribution is -2.18. The van der Waals surface area contributed by atoms with E-state index in [-0.39, 0.29) is 6.10 Å². The number of rotatable bonds is 1. The van der Waals surface area contributed by atoms with E-state index in [1.807, 2.05) is 0 Å². The molecule has 3 heteroatoms. The summed E-state index contributed by atoms with van der Waals surface area (Å²) in [7, 11) is 0. The standard InChI is InChI=1S/C4H8N2O/c5-3-4-1-2-6-7-4/h2,4H,1,3,5H2/t4-/m1/s1. The maximum atomic E-state index is 5.23. The van der Waals surface area contributed by atoms with Gasteiger partial charge in [-0.3, -0.25) is 0 Å². The fourth-order valence-corrected chi connectivity index (χ4v) is 0.472. The van der Waals surface area contributed by atoms with Gasteiger partial charge in [-0.15, -0.1) is 0 Å². The molecule has 0 aromatic carbocycles. The summed E-state index contributed by atoms with van der Waals surface area (Å²) < 4.78 is 0. The monoisotopic (exact) mass is 100 g/mol. The van der Waals surface area contributed by atoms with Crippen molar-refractivity contribution in [1.29, 1.82) is 0 Å². The molecular weight excluding hydrogens is 92.1 g/mol. The minimum atomic E-state index is 0.153. The second-order valence-electron chi connectivity index (χ2n) is 1.49. The number of nitrogens with zero attached hydrogens (tertiary/aromatic N) is 1. The molecule has 7 heavy (non-hydrogen) atoms. The van der Waals surface area contributed by atoms with E-state index in [2.05, 4.69) is 5.16 Å². The normalized spacial score (nSPS) is 27.9.